The van der Waals surface area contributed by atoms with Crippen LogP contribution in [0.15, 0.2) is 24.3 Å². The van der Waals surface area contributed by atoms with Gasteiger partial charge in [-0.05, 0) is 43.2 Å². The minimum atomic E-state index is -0.719. The minimum absolute atomic E-state index is 0.0499. The Labute approximate surface area is 107 Å². The molecule has 1 aliphatic carbocycles. The van der Waals surface area contributed by atoms with Gasteiger partial charge in [0.15, 0.2) is 0 Å². The molecule has 2 atom stereocenters. The number of hydrogen-bond donors (Lipinski definition) is 1. The van der Waals surface area contributed by atoms with Crippen LogP contribution in [0.25, 0.3) is 0 Å². The van der Waals surface area contributed by atoms with Crippen LogP contribution < -0.4 is 0 Å². The molecule has 1 saturated carbocycles. The second-order valence-electron chi connectivity index (χ2n) is 5.30. The molecule has 0 amide bonds. The Bertz CT molecular complexity index is 444. The Morgan fingerprint density at radius 2 is 2.22 bits per heavy atom. The highest BCUT2D eigenvalue weighted by atomic mass is 19.1. The SMILES string of the molecule is CCCC1(C(=O)O)CCC(c2ccccc2F)C1. The molecule has 18 heavy (non-hydrogen) atoms. The second-order valence-corrected chi connectivity index (χ2v) is 5.30. The molecular weight excluding hydrogens is 231 g/mol. The molecular formula is C15H19FO2. The van der Waals surface area contributed by atoms with E-state index in [0.29, 0.717) is 24.8 Å². The van der Waals surface area contributed by atoms with E-state index >= 15 is 0 Å². The predicted octanol–water partition coefficient (Wildman–Crippen LogP) is 3.96. The van der Waals surface area contributed by atoms with E-state index in [-0.39, 0.29) is 11.7 Å². The monoisotopic (exact) mass is 250 g/mol. The molecule has 0 aromatic heterocycles. The lowest BCUT2D eigenvalue weighted by Crippen LogP contribution is -2.27. The Hall–Kier alpha value is -1.38. The molecule has 1 aromatic carbocycles. The van der Waals surface area contributed by atoms with Crippen molar-refractivity contribution < 1.29 is 14.3 Å². The summed E-state index contributed by atoms with van der Waals surface area (Å²) in [6, 6.07) is 6.73. The van der Waals surface area contributed by atoms with Crippen molar-refractivity contribution in [1.82, 2.24) is 0 Å². The predicted molar refractivity (Wildman–Crippen MR) is 68.0 cm³/mol. The fourth-order valence-electron chi connectivity index (χ4n) is 3.20. The molecule has 0 bridgehead atoms. The molecule has 2 unspecified atom stereocenters. The molecule has 98 valence electrons. The third-order valence-corrected chi connectivity index (χ3v) is 4.14. The van der Waals surface area contributed by atoms with Crippen molar-refractivity contribution in [2.45, 2.75) is 44.9 Å². The van der Waals surface area contributed by atoms with E-state index < -0.39 is 11.4 Å². The molecule has 2 nitrogen and oxygen atoms in total. The molecule has 1 aromatic rings. The van der Waals surface area contributed by atoms with Gasteiger partial charge in [0.05, 0.1) is 5.41 Å². The minimum Gasteiger partial charge on any atom is -0.481 e. The molecule has 1 aliphatic rings. The molecule has 2 rings (SSSR count). The third-order valence-electron chi connectivity index (χ3n) is 4.14. The van der Waals surface area contributed by atoms with Gasteiger partial charge in [-0.2, -0.15) is 0 Å². The van der Waals surface area contributed by atoms with Crippen molar-refractivity contribution >= 4 is 5.97 Å². The van der Waals surface area contributed by atoms with E-state index in [0.717, 1.165) is 12.8 Å². The van der Waals surface area contributed by atoms with Gasteiger partial charge in [-0.25, -0.2) is 4.39 Å². The molecule has 1 N–H and O–H groups in total. The maximum Gasteiger partial charge on any atom is 0.309 e. The summed E-state index contributed by atoms with van der Waals surface area (Å²) in [4.78, 5) is 11.5. The number of carbonyl (C=O) groups is 1. The van der Waals surface area contributed by atoms with Crippen LogP contribution in [0.4, 0.5) is 4.39 Å². The lowest BCUT2D eigenvalue weighted by Gasteiger charge is -2.23. The van der Waals surface area contributed by atoms with Crippen LogP contribution in [0, 0.1) is 11.2 Å². The fraction of sp³-hybridized carbons (Fsp3) is 0.533. The summed E-state index contributed by atoms with van der Waals surface area (Å²) >= 11 is 0. The van der Waals surface area contributed by atoms with Gasteiger partial charge in [-0.3, -0.25) is 4.79 Å². The first kappa shape index (κ1) is 13.1. The molecule has 1 fully saturated rings. The Balaban J connectivity index is 2.21. The third kappa shape index (κ3) is 2.26. The maximum absolute atomic E-state index is 13.7. The van der Waals surface area contributed by atoms with Crippen LogP contribution in [0.3, 0.4) is 0 Å². The molecule has 0 spiro atoms. The van der Waals surface area contributed by atoms with Gasteiger partial charge in [0.1, 0.15) is 5.82 Å². The summed E-state index contributed by atoms with van der Waals surface area (Å²) in [7, 11) is 0. The van der Waals surface area contributed by atoms with Crippen molar-refractivity contribution in [3.05, 3.63) is 35.6 Å². The quantitative estimate of drug-likeness (QED) is 0.878. The van der Waals surface area contributed by atoms with Crippen LogP contribution in [0.1, 0.15) is 50.5 Å². The van der Waals surface area contributed by atoms with Crippen molar-refractivity contribution in [2.75, 3.05) is 0 Å². The van der Waals surface area contributed by atoms with Crippen LogP contribution in [0.2, 0.25) is 0 Å². The topological polar surface area (TPSA) is 37.3 Å². The normalized spacial score (nSPS) is 27.3. The number of carboxylic acids is 1. The van der Waals surface area contributed by atoms with Crippen LogP contribution in [-0.2, 0) is 4.79 Å². The first-order valence-electron chi connectivity index (χ1n) is 6.57. The van der Waals surface area contributed by atoms with Gasteiger partial charge in [-0.1, -0.05) is 31.5 Å². The summed E-state index contributed by atoms with van der Waals surface area (Å²) in [6.45, 7) is 2.00. The van der Waals surface area contributed by atoms with Crippen LogP contribution in [-0.4, -0.2) is 11.1 Å². The van der Waals surface area contributed by atoms with Gasteiger partial charge in [-0.15, -0.1) is 0 Å². The van der Waals surface area contributed by atoms with Gasteiger partial charge in [0.2, 0.25) is 0 Å². The highest BCUT2D eigenvalue weighted by Gasteiger charge is 2.45. The smallest absolute Gasteiger partial charge is 0.309 e. The summed E-state index contributed by atoms with van der Waals surface area (Å²) in [5.41, 5.74) is 0.0403. The van der Waals surface area contributed by atoms with E-state index in [1.54, 1.807) is 12.1 Å². The first-order valence-corrected chi connectivity index (χ1v) is 6.57. The van der Waals surface area contributed by atoms with Crippen LogP contribution in [0.5, 0.6) is 0 Å². The summed E-state index contributed by atoms with van der Waals surface area (Å²) in [5, 5.41) is 9.44. The Morgan fingerprint density at radius 1 is 1.50 bits per heavy atom. The average Bonchev–Trinajstić information content (AvgIpc) is 2.76. The van der Waals surface area contributed by atoms with E-state index in [1.807, 2.05) is 13.0 Å². The second kappa shape index (κ2) is 5.09. The van der Waals surface area contributed by atoms with Crippen molar-refractivity contribution in [1.29, 1.82) is 0 Å². The maximum atomic E-state index is 13.7. The summed E-state index contributed by atoms with van der Waals surface area (Å²) < 4.78 is 13.7. The zero-order chi connectivity index (χ0) is 13.2. The van der Waals surface area contributed by atoms with Crippen molar-refractivity contribution in [3.8, 4) is 0 Å². The number of halogens is 1. The number of carboxylic acid groups (broad SMARTS) is 1. The van der Waals surface area contributed by atoms with E-state index in [1.165, 1.54) is 6.07 Å². The number of aliphatic carboxylic acids is 1. The van der Waals surface area contributed by atoms with Gasteiger partial charge < -0.3 is 5.11 Å². The highest BCUT2D eigenvalue weighted by molar-refractivity contribution is 5.75. The molecule has 0 heterocycles. The summed E-state index contributed by atoms with van der Waals surface area (Å²) in [5.74, 6) is -0.878. The van der Waals surface area contributed by atoms with Gasteiger partial charge >= 0.3 is 5.97 Å². The Morgan fingerprint density at radius 3 is 2.83 bits per heavy atom. The largest absolute Gasteiger partial charge is 0.481 e. The van der Waals surface area contributed by atoms with Crippen LogP contribution >= 0.6 is 0 Å². The number of rotatable bonds is 4. The zero-order valence-corrected chi connectivity index (χ0v) is 10.7. The van der Waals surface area contributed by atoms with Gasteiger partial charge in [0, 0.05) is 0 Å². The number of benzene rings is 1. The number of hydrogen-bond acceptors (Lipinski definition) is 1. The average molecular weight is 250 g/mol. The van der Waals surface area contributed by atoms with E-state index in [4.69, 9.17) is 0 Å². The lowest BCUT2D eigenvalue weighted by molar-refractivity contribution is -0.149. The Kier molecular flexibility index (Phi) is 3.69. The fourth-order valence-corrected chi connectivity index (χ4v) is 3.20. The van der Waals surface area contributed by atoms with E-state index in [9.17, 15) is 14.3 Å². The molecule has 3 heteroatoms. The molecule has 0 aliphatic heterocycles. The van der Waals surface area contributed by atoms with E-state index in [2.05, 4.69) is 0 Å². The lowest BCUT2D eigenvalue weighted by atomic mass is 9.80. The van der Waals surface area contributed by atoms with Crippen molar-refractivity contribution in [3.63, 3.8) is 0 Å². The molecule has 0 radical (unpaired) electrons. The van der Waals surface area contributed by atoms with Gasteiger partial charge in [0.25, 0.3) is 0 Å². The molecule has 0 saturated heterocycles. The summed E-state index contributed by atoms with van der Waals surface area (Å²) in [6.07, 6.45) is 3.54. The first-order chi connectivity index (χ1) is 8.59. The zero-order valence-electron chi connectivity index (χ0n) is 10.7. The standard InChI is InChI=1S/C15H19FO2/c1-2-8-15(14(17)18)9-7-11(10-15)12-5-3-4-6-13(12)16/h3-6,11H,2,7-10H2,1H3,(H,17,18). The van der Waals surface area contributed by atoms with Crippen molar-refractivity contribution in [2.24, 2.45) is 5.41 Å². The highest BCUT2D eigenvalue weighted by Crippen LogP contribution is 2.49.